The molecule has 1 atom stereocenters. The van der Waals surface area contributed by atoms with Gasteiger partial charge in [0.25, 0.3) is 0 Å². The minimum absolute atomic E-state index is 0.114. The van der Waals surface area contributed by atoms with Crippen LogP contribution < -0.4 is 0 Å². The minimum Gasteiger partial charge on any atom is -0.117 e. The maximum atomic E-state index is 6.48. The lowest BCUT2D eigenvalue weighted by atomic mass is 9.86. The van der Waals surface area contributed by atoms with Crippen molar-refractivity contribution in [1.82, 2.24) is 0 Å². The fourth-order valence-corrected chi connectivity index (χ4v) is 2.39. The highest BCUT2D eigenvalue weighted by atomic mass is 35.5. The molecule has 0 nitrogen and oxygen atoms in total. The maximum Gasteiger partial charge on any atom is 0.0633 e. The normalized spacial score (nSPS) is 17.6. The summed E-state index contributed by atoms with van der Waals surface area (Å²) in [4.78, 5) is 0. The van der Waals surface area contributed by atoms with Gasteiger partial charge in [-0.2, -0.15) is 0 Å². The van der Waals surface area contributed by atoms with Crippen LogP contribution in [0.3, 0.4) is 0 Å². The summed E-state index contributed by atoms with van der Waals surface area (Å²) < 4.78 is 0. The Hall–Kier alpha value is -0.490. The number of aryl methyl sites for hydroxylation is 2. The summed E-state index contributed by atoms with van der Waals surface area (Å²) in [5.41, 5.74) is 4.46. The van der Waals surface area contributed by atoms with Crippen LogP contribution in [0.15, 0.2) is 18.2 Å². The molecule has 0 aliphatic heterocycles. The molecule has 82 valence electrons. The molecule has 15 heavy (non-hydrogen) atoms. The van der Waals surface area contributed by atoms with Gasteiger partial charge >= 0.3 is 0 Å². The third kappa shape index (κ3) is 2.20. The van der Waals surface area contributed by atoms with Crippen molar-refractivity contribution in [3.8, 4) is 0 Å². The molecular weight excluding hydrogens is 204 g/mol. The molecule has 0 spiro atoms. The Balaban J connectivity index is 2.31. The number of fused-ring (bicyclic) bond motifs is 1. The molecule has 0 N–H and O–H groups in total. The second kappa shape index (κ2) is 3.83. The van der Waals surface area contributed by atoms with Crippen molar-refractivity contribution >= 4 is 11.6 Å². The van der Waals surface area contributed by atoms with E-state index in [0.717, 1.165) is 0 Å². The van der Waals surface area contributed by atoms with Crippen molar-refractivity contribution in [2.75, 3.05) is 0 Å². The largest absolute Gasteiger partial charge is 0.117 e. The van der Waals surface area contributed by atoms with Gasteiger partial charge in [-0.15, -0.1) is 11.6 Å². The highest BCUT2D eigenvalue weighted by Gasteiger charge is 2.24. The van der Waals surface area contributed by atoms with Crippen LogP contribution in [0.2, 0.25) is 0 Å². The molecular formula is C14H19Cl. The fraction of sp³-hybridized carbons (Fsp3) is 0.571. The van der Waals surface area contributed by atoms with Gasteiger partial charge in [0.15, 0.2) is 0 Å². The van der Waals surface area contributed by atoms with Crippen LogP contribution in [0.4, 0.5) is 0 Å². The van der Waals surface area contributed by atoms with E-state index in [9.17, 15) is 0 Å². The maximum absolute atomic E-state index is 6.48. The smallest absolute Gasteiger partial charge is 0.0633 e. The predicted molar refractivity (Wildman–Crippen MR) is 66.5 cm³/mol. The monoisotopic (exact) mass is 222 g/mol. The molecule has 1 aliphatic carbocycles. The number of rotatable bonds is 1. The first-order valence-corrected chi connectivity index (χ1v) is 6.18. The lowest BCUT2D eigenvalue weighted by molar-refractivity contribution is 0.395. The Morgan fingerprint density at radius 1 is 1.13 bits per heavy atom. The van der Waals surface area contributed by atoms with Crippen molar-refractivity contribution in [2.24, 2.45) is 5.41 Å². The van der Waals surface area contributed by atoms with Crippen molar-refractivity contribution in [2.45, 2.75) is 45.4 Å². The summed E-state index contributed by atoms with van der Waals surface area (Å²) in [5.74, 6) is 0. The molecule has 0 amide bonds. The van der Waals surface area contributed by atoms with Crippen LogP contribution >= 0.6 is 11.6 Å². The number of halogens is 1. The van der Waals surface area contributed by atoms with E-state index >= 15 is 0 Å². The Morgan fingerprint density at radius 2 is 1.80 bits per heavy atom. The lowest BCUT2D eigenvalue weighted by Crippen LogP contribution is -2.13. The van der Waals surface area contributed by atoms with Crippen LogP contribution in [0.1, 0.15) is 49.3 Å². The summed E-state index contributed by atoms with van der Waals surface area (Å²) in [6.07, 6.45) is 3.79. The molecule has 2 rings (SSSR count). The van der Waals surface area contributed by atoms with Crippen LogP contribution in [-0.4, -0.2) is 0 Å². The van der Waals surface area contributed by atoms with E-state index in [-0.39, 0.29) is 10.8 Å². The van der Waals surface area contributed by atoms with Gasteiger partial charge in [-0.1, -0.05) is 39.0 Å². The third-order valence-corrected chi connectivity index (χ3v) is 4.08. The molecule has 0 saturated heterocycles. The molecule has 0 radical (unpaired) electrons. The Morgan fingerprint density at radius 3 is 2.47 bits per heavy atom. The van der Waals surface area contributed by atoms with Crippen LogP contribution in [0.5, 0.6) is 0 Å². The molecule has 0 fully saturated rings. The number of alkyl halides is 1. The zero-order chi connectivity index (χ0) is 11.1. The molecule has 0 heterocycles. The Labute approximate surface area is 97.6 Å². The van der Waals surface area contributed by atoms with Gasteiger partial charge in [0.2, 0.25) is 0 Å². The number of benzene rings is 1. The lowest BCUT2D eigenvalue weighted by Gasteiger charge is -2.25. The standard InChI is InChI=1S/C14H19Cl/c1-14(2,3)13(15)12-8-7-10-5-4-6-11(10)9-12/h7-9,13H,4-6H2,1-3H3. The second-order valence-corrected chi connectivity index (χ2v) is 6.05. The fourth-order valence-electron chi connectivity index (χ4n) is 2.25. The zero-order valence-corrected chi connectivity index (χ0v) is 10.6. The summed E-state index contributed by atoms with van der Waals surface area (Å²) in [7, 11) is 0. The molecule has 0 saturated carbocycles. The molecule has 0 bridgehead atoms. The SMILES string of the molecule is CC(C)(C)C(Cl)c1ccc2c(c1)CCC2. The Bertz CT molecular complexity index is 360. The van der Waals surface area contributed by atoms with Gasteiger partial charge in [0.1, 0.15) is 0 Å². The van der Waals surface area contributed by atoms with Crippen LogP contribution in [0.25, 0.3) is 0 Å². The van der Waals surface area contributed by atoms with Crippen LogP contribution in [0, 0.1) is 5.41 Å². The zero-order valence-electron chi connectivity index (χ0n) is 9.81. The van der Waals surface area contributed by atoms with Gasteiger partial charge in [-0.3, -0.25) is 0 Å². The van der Waals surface area contributed by atoms with E-state index in [0.29, 0.717) is 0 Å². The molecule has 0 aromatic heterocycles. The van der Waals surface area contributed by atoms with E-state index in [1.165, 1.54) is 36.0 Å². The van der Waals surface area contributed by atoms with Crippen molar-refractivity contribution in [3.63, 3.8) is 0 Å². The van der Waals surface area contributed by atoms with E-state index in [1.807, 2.05) is 0 Å². The van der Waals surface area contributed by atoms with E-state index in [1.54, 1.807) is 0 Å². The summed E-state index contributed by atoms with van der Waals surface area (Å²) in [6, 6.07) is 6.77. The van der Waals surface area contributed by atoms with Crippen LogP contribution in [-0.2, 0) is 12.8 Å². The number of hydrogen-bond donors (Lipinski definition) is 0. The molecule has 1 aromatic carbocycles. The van der Waals surface area contributed by atoms with Gasteiger partial charge in [-0.05, 0) is 41.4 Å². The summed E-state index contributed by atoms with van der Waals surface area (Å²) in [5, 5.41) is 0.114. The topological polar surface area (TPSA) is 0 Å². The summed E-state index contributed by atoms with van der Waals surface area (Å²) in [6.45, 7) is 6.58. The van der Waals surface area contributed by atoms with E-state index in [2.05, 4.69) is 39.0 Å². The first-order chi connectivity index (χ1) is 6.98. The van der Waals surface area contributed by atoms with Gasteiger partial charge < -0.3 is 0 Å². The predicted octanol–water partition coefficient (Wildman–Crippen LogP) is 4.50. The van der Waals surface area contributed by atoms with Crippen molar-refractivity contribution in [1.29, 1.82) is 0 Å². The average Bonchev–Trinajstić information content (AvgIpc) is 2.61. The second-order valence-electron chi connectivity index (χ2n) is 5.61. The molecule has 1 aliphatic rings. The van der Waals surface area contributed by atoms with Gasteiger partial charge in [0, 0.05) is 0 Å². The Kier molecular flexibility index (Phi) is 2.81. The quantitative estimate of drug-likeness (QED) is 0.614. The minimum atomic E-state index is 0.114. The van der Waals surface area contributed by atoms with Gasteiger partial charge in [-0.25, -0.2) is 0 Å². The molecule has 1 unspecified atom stereocenters. The summed E-state index contributed by atoms with van der Waals surface area (Å²) >= 11 is 6.48. The molecule has 1 heteroatoms. The molecule has 1 aromatic rings. The van der Waals surface area contributed by atoms with E-state index < -0.39 is 0 Å². The average molecular weight is 223 g/mol. The van der Waals surface area contributed by atoms with Crippen molar-refractivity contribution < 1.29 is 0 Å². The highest BCUT2D eigenvalue weighted by molar-refractivity contribution is 6.21. The third-order valence-electron chi connectivity index (χ3n) is 3.18. The van der Waals surface area contributed by atoms with E-state index in [4.69, 9.17) is 11.6 Å². The first-order valence-electron chi connectivity index (χ1n) is 5.74. The van der Waals surface area contributed by atoms with Gasteiger partial charge in [0.05, 0.1) is 5.38 Å². The highest BCUT2D eigenvalue weighted by Crippen LogP contribution is 2.39. The first kappa shape index (κ1) is 11.0. The van der Waals surface area contributed by atoms with Crippen molar-refractivity contribution in [3.05, 3.63) is 34.9 Å². The number of hydrogen-bond acceptors (Lipinski definition) is 0.